The van der Waals surface area contributed by atoms with E-state index in [9.17, 15) is 5.11 Å². The van der Waals surface area contributed by atoms with Crippen LogP contribution in [0.3, 0.4) is 0 Å². The fraction of sp³-hybridized carbons (Fsp3) is 0.455. The molecule has 2 nitrogen and oxygen atoms in total. The molecule has 2 aromatic rings. The van der Waals surface area contributed by atoms with Crippen LogP contribution >= 0.6 is 23.2 Å². The van der Waals surface area contributed by atoms with Crippen molar-refractivity contribution >= 4 is 23.2 Å². The van der Waals surface area contributed by atoms with Crippen LogP contribution in [-0.2, 0) is 19.3 Å². The fourth-order valence-electron chi connectivity index (χ4n) is 4.64. The summed E-state index contributed by atoms with van der Waals surface area (Å²) >= 11 is 12.6. The van der Waals surface area contributed by atoms with Crippen LogP contribution in [0.4, 0.5) is 0 Å². The molecule has 0 radical (unpaired) electrons. The Labute approximate surface area is 165 Å². The van der Waals surface area contributed by atoms with Crippen molar-refractivity contribution in [2.24, 2.45) is 0 Å². The molecule has 0 bridgehead atoms. The molecule has 1 saturated heterocycles. The Morgan fingerprint density at radius 2 is 1.81 bits per heavy atom. The number of likely N-dealkylation sites (tertiary alicyclic amines) is 1. The van der Waals surface area contributed by atoms with Crippen LogP contribution in [0.15, 0.2) is 30.3 Å². The molecule has 0 saturated carbocycles. The molecule has 1 aliphatic carbocycles. The Morgan fingerprint density at radius 3 is 2.46 bits per heavy atom. The van der Waals surface area contributed by atoms with Crippen molar-refractivity contribution in [1.29, 1.82) is 0 Å². The van der Waals surface area contributed by atoms with E-state index in [-0.39, 0.29) is 0 Å². The highest BCUT2D eigenvalue weighted by atomic mass is 35.5. The van der Waals surface area contributed by atoms with E-state index in [1.165, 1.54) is 22.3 Å². The lowest BCUT2D eigenvalue weighted by Gasteiger charge is -2.47. The van der Waals surface area contributed by atoms with Crippen LogP contribution in [0.25, 0.3) is 0 Å². The Morgan fingerprint density at radius 1 is 1.12 bits per heavy atom. The van der Waals surface area contributed by atoms with Crippen molar-refractivity contribution in [2.45, 2.75) is 51.2 Å². The van der Waals surface area contributed by atoms with Crippen molar-refractivity contribution < 1.29 is 5.11 Å². The number of β-amino-alcohol motifs (C(OH)–C–C–N with tert-alkyl or cyclic N) is 1. The zero-order chi connectivity index (χ0) is 18.5. The van der Waals surface area contributed by atoms with Gasteiger partial charge in [-0.2, -0.15) is 0 Å². The van der Waals surface area contributed by atoms with Gasteiger partial charge in [-0.05, 0) is 79.5 Å². The average Bonchev–Trinajstić information content (AvgIpc) is 2.98. The third kappa shape index (κ3) is 3.29. The summed E-state index contributed by atoms with van der Waals surface area (Å²) in [6.07, 6.45) is 4.10. The second-order valence-electron chi connectivity index (χ2n) is 8.07. The maximum Gasteiger partial charge on any atom is 0.0872 e. The van der Waals surface area contributed by atoms with Gasteiger partial charge in [-0.15, -0.1) is 0 Å². The van der Waals surface area contributed by atoms with Gasteiger partial charge in [-0.25, -0.2) is 0 Å². The number of nitrogens with zero attached hydrogens (tertiary/aromatic N) is 1. The van der Waals surface area contributed by atoms with Crippen molar-refractivity contribution in [3.63, 3.8) is 0 Å². The number of benzene rings is 2. The van der Waals surface area contributed by atoms with Crippen LogP contribution in [0.5, 0.6) is 0 Å². The normalized spacial score (nSPS) is 21.5. The summed E-state index contributed by atoms with van der Waals surface area (Å²) in [5, 5.41) is 11.6. The predicted molar refractivity (Wildman–Crippen MR) is 108 cm³/mol. The SMILES string of the molecule is Cc1c(CCc2c(Cl)cccc2Cl)ccc2c1CC[C@@H]2N1CC(C)(O)C1. The molecule has 1 fully saturated rings. The third-order valence-electron chi connectivity index (χ3n) is 6.01. The monoisotopic (exact) mass is 389 g/mol. The van der Waals surface area contributed by atoms with Gasteiger partial charge >= 0.3 is 0 Å². The minimum Gasteiger partial charge on any atom is -0.388 e. The molecule has 4 heteroatoms. The van der Waals surface area contributed by atoms with Gasteiger partial charge in [0.1, 0.15) is 0 Å². The molecule has 0 amide bonds. The number of aryl methyl sites for hydroxylation is 1. The summed E-state index contributed by atoms with van der Waals surface area (Å²) in [6.45, 7) is 5.73. The highest BCUT2D eigenvalue weighted by Gasteiger charge is 2.42. The van der Waals surface area contributed by atoms with Gasteiger partial charge < -0.3 is 5.11 Å². The number of rotatable bonds is 4. The number of hydrogen-bond acceptors (Lipinski definition) is 2. The molecular weight excluding hydrogens is 365 g/mol. The molecule has 138 valence electrons. The molecule has 4 rings (SSSR count). The Bertz CT molecular complexity index is 818. The first-order valence-corrected chi connectivity index (χ1v) is 10.1. The predicted octanol–water partition coefficient (Wildman–Crippen LogP) is 5.14. The molecule has 0 spiro atoms. The van der Waals surface area contributed by atoms with Gasteiger partial charge in [0.05, 0.1) is 5.60 Å². The van der Waals surface area contributed by atoms with Crippen molar-refractivity contribution in [3.05, 3.63) is 68.2 Å². The number of hydrogen-bond donors (Lipinski definition) is 1. The zero-order valence-electron chi connectivity index (χ0n) is 15.4. The van der Waals surface area contributed by atoms with Crippen LogP contribution in [0.1, 0.15) is 47.2 Å². The molecule has 2 aromatic carbocycles. The number of halogens is 2. The Balaban J connectivity index is 1.52. The summed E-state index contributed by atoms with van der Waals surface area (Å²) < 4.78 is 0. The molecule has 1 N–H and O–H groups in total. The number of aliphatic hydroxyl groups is 1. The maximum absolute atomic E-state index is 10.1. The Hall–Kier alpha value is -1.06. The van der Waals surface area contributed by atoms with E-state index >= 15 is 0 Å². The third-order valence-corrected chi connectivity index (χ3v) is 6.72. The molecule has 0 aromatic heterocycles. The standard InChI is InChI=1S/C22H25Cl2NO/c1-14-15(7-9-18-19(23)4-3-5-20(18)24)6-8-17-16(14)10-11-21(17)25-12-22(2,26)13-25/h3-6,8,21,26H,7,9-13H2,1-2H3/t21-/m0/s1. The van der Waals surface area contributed by atoms with Crippen molar-refractivity contribution in [3.8, 4) is 0 Å². The van der Waals surface area contributed by atoms with Crippen LogP contribution in [0.2, 0.25) is 10.0 Å². The van der Waals surface area contributed by atoms with Crippen LogP contribution in [-0.4, -0.2) is 28.7 Å². The second kappa shape index (κ2) is 6.83. The molecule has 1 heterocycles. The van der Waals surface area contributed by atoms with Gasteiger partial charge in [-0.3, -0.25) is 4.90 Å². The van der Waals surface area contributed by atoms with Gasteiger partial charge in [0.2, 0.25) is 0 Å². The van der Waals surface area contributed by atoms with Gasteiger partial charge in [0, 0.05) is 29.2 Å². The zero-order valence-corrected chi connectivity index (χ0v) is 16.9. The van der Waals surface area contributed by atoms with E-state index in [4.69, 9.17) is 23.2 Å². The van der Waals surface area contributed by atoms with E-state index in [1.807, 2.05) is 25.1 Å². The lowest BCUT2D eigenvalue weighted by Crippen LogP contribution is -2.60. The first-order chi connectivity index (χ1) is 12.4. The van der Waals surface area contributed by atoms with Crippen molar-refractivity contribution in [1.82, 2.24) is 4.90 Å². The summed E-state index contributed by atoms with van der Waals surface area (Å²) in [5.41, 5.74) is 6.29. The van der Waals surface area contributed by atoms with Gasteiger partial charge in [-0.1, -0.05) is 41.4 Å². The highest BCUT2D eigenvalue weighted by Crippen LogP contribution is 2.42. The van der Waals surface area contributed by atoms with E-state index in [1.54, 1.807) is 0 Å². The molecule has 2 aliphatic rings. The van der Waals surface area contributed by atoms with E-state index in [2.05, 4.69) is 24.0 Å². The minimum atomic E-state index is -0.508. The highest BCUT2D eigenvalue weighted by molar-refractivity contribution is 6.35. The summed E-state index contributed by atoms with van der Waals surface area (Å²) in [6, 6.07) is 10.7. The van der Waals surface area contributed by atoms with Crippen molar-refractivity contribution in [2.75, 3.05) is 13.1 Å². The number of fused-ring (bicyclic) bond motifs is 1. The minimum absolute atomic E-state index is 0.469. The largest absolute Gasteiger partial charge is 0.388 e. The van der Waals surface area contributed by atoms with E-state index in [0.29, 0.717) is 6.04 Å². The smallest absolute Gasteiger partial charge is 0.0872 e. The van der Waals surface area contributed by atoms with E-state index < -0.39 is 5.60 Å². The summed E-state index contributed by atoms with van der Waals surface area (Å²) in [5.74, 6) is 0. The molecule has 0 unspecified atom stereocenters. The van der Waals surface area contributed by atoms with E-state index in [0.717, 1.165) is 54.4 Å². The first-order valence-electron chi connectivity index (χ1n) is 9.36. The van der Waals surface area contributed by atoms with Crippen LogP contribution in [0, 0.1) is 6.92 Å². The summed E-state index contributed by atoms with van der Waals surface area (Å²) in [4.78, 5) is 2.41. The first kappa shape index (κ1) is 18.3. The Kier molecular flexibility index (Phi) is 4.81. The summed E-state index contributed by atoms with van der Waals surface area (Å²) in [7, 11) is 0. The fourth-order valence-corrected chi connectivity index (χ4v) is 5.22. The second-order valence-corrected chi connectivity index (χ2v) is 8.89. The van der Waals surface area contributed by atoms with Crippen LogP contribution < -0.4 is 0 Å². The topological polar surface area (TPSA) is 23.5 Å². The molecule has 1 aliphatic heterocycles. The van der Waals surface area contributed by atoms with Gasteiger partial charge in [0.25, 0.3) is 0 Å². The lowest BCUT2D eigenvalue weighted by molar-refractivity contribution is -0.103. The molecular formula is C22H25Cl2NO. The van der Waals surface area contributed by atoms with Gasteiger partial charge in [0.15, 0.2) is 0 Å². The lowest BCUT2D eigenvalue weighted by atomic mass is 9.91. The molecule has 1 atom stereocenters. The quantitative estimate of drug-likeness (QED) is 0.781. The maximum atomic E-state index is 10.1. The molecule has 26 heavy (non-hydrogen) atoms. The average molecular weight is 390 g/mol.